The summed E-state index contributed by atoms with van der Waals surface area (Å²) in [6.07, 6.45) is 4.31. The molecular formula is C11H12ClN. The van der Waals surface area contributed by atoms with Gasteiger partial charge < -0.3 is 4.90 Å². The standard InChI is InChI=1S/C11H12ClN/c1-8-10(12)6-5-9-4-3-7-13(2)11(8)9/h3-6H,7H2,1-2H3. The number of nitrogens with zero attached hydrogens (tertiary/aromatic N) is 1. The van der Waals surface area contributed by atoms with Gasteiger partial charge in [-0.2, -0.15) is 0 Å². The third-order valence-electron chi connectivity index (χ3n) is 2.45. The second-order valence-corrected chi connectivity index (χ2v) is 3.80. The van der Waals surface area contributed by atoms with E-state index in [4.69, 9.17) is 11.6 Å². The number of hydrogen-bond acceptors (Lipinski definition) is 1. The van der Waals surface area contributed by atoms with Crippen LogP contribution in [0.5, 0.6) is 0 Å². The SMILES string of the molecule is Cc1c(Cl)ccc2c1N(C)CC=C2. The summed E-state index contributed by atoms with van der Waals surface area (Å²) < 4.78 is 0. The van der Waals surface area contributed by atoms with Crippen LogP contribution in [0.15, 0.2) is 18.2 Å². The molecular weight excluding hydrogens is 182 g/mol. The van der Waals surface area contributed by atoms with Gasteiger partial charge in [0, 0.05) is 24.3 Å². The fraction of sp³-hybridized carbons (Fsp3) is 0.273. The second kappa shape index (κ2) is 3.08. The van der Waals surface area contributed by atoms with Gasteiger partial charge >= 0.3 is 0 Å². The smallest absolute Gasteiger partial charge is 0.0484 e. The van der Waals surface area contributed by atoms with Crippen molar-refractivity contribution in [3.63, 3.8) is 0 Å². The van der Waals surface area contributed by atoms with E-state index in [1.807, 2.05) is 6.07 Å². The Morgan fingerprint density at radius 2 is 2.15 bits per heavy atom. The molecule has 0 fully saturated rings. The predicted molar refractivity (Wildman–Crippen MR) is 58.5 cm³/mol. The first-order valence-electron chi connectivity index (χ1n) is 4.37. The Balaban J connectivity index is 2.66. The summed E-state index contributed by atoms with van der Waals surface area (Å²) in [5.74, 6) is 0. The molecule has 1 aromatic rings. The summed E-state index contributed by atoms with van der Waals surface area (Å²) in [5, 5.41) is 0.848. The van der Waals surface area contributed by atoms with E-state index in [0.717, 1.165) is 11.6 Å². The minimum absolute atomic E-state index is 0.848. The van der Waals surface area contributed by atoms with Gasteiger partial charge in [-0.25, -0.2) is 0 Å². The van der Waals surface area contributed by atoms with Crippen molar-refractivity contribution in [3.8, 4) is 0 Å². The van der Waals surface area contributed by atoms with Crippen molar-refractivity contribution >= 4 is 23.4 Å². The van der Waals surface area contributed by atoms with Crippen LogP contribution in [0.2, 0.25) is 5.02 Å². The van der Waals surface area contributed by atoms with Gasteiger partial charge in [0.2, 0.25) is 0 Å². The maximum atomic E-state index is 6.06. The molecule has 0 saturated carbocycles. The van der Waals surface area contributed by atoms with E-state index in [0.29, 0.717) is 0 Å². The molecule has 0 saturated heterocycles. The lowest BCUT2D eigenvalue weighted by molar-refractivity contribution is 1.01. The topological polar surface area (TPSA) is 3.24 Å². The summed E-state index contributed by atoms with van der Waals surface area (Å²) in [4.78, 5) is 2.22. The fourth-order valence-corrected chi connectivity index (χ4v) is 1.92. The van der Waals surface area contributed by atoms with Crippen LogP contribution in [-0.4, -0.2) is 13.6 Å². The molecule has 13 heavy (non-hydrogen) atoms. The molecule has 0 aromatic heterocycles. The molecule has 1 aliphatic heterocycles. The van der Waals surface area contributed by atoms with Crippen LogP contribution in [-0.2, 0) is 0 Å². The van der Waals surface area contributed by atoms with E-state index < -0.39 is 0 Å². The van der Waals surface area contributed by atoms with Crippen molar-refractivity contribution < 1.29 is 0 Å². The molecule has 0 unspecified atom stereocenters. The molecule has 0 amide bonds. The van der Waals surface area contributed by atoms with Crippen molar-refractivity contribution in [3.05, 3.63) is 34.4 Å². The first-order valence-corrected chi connectivity index (χ1v) is 4.74. The number of halogens is 1. The van der Waals surface area contributed by atoms with Gasteiger partial charge in [0.25, 0.3) is 0 Å². The molecule has 68 valence electrons. The highest BCUT2D eigenvalue weighted by molar-refractivity contribution is 6.31. The average Bonchev–Trinajstić information content (AvgIpc) is 2.12. The highest BCUT2D eigenvalue weighted by atomic mass is 35.5. The largest absolute Gasteiger partial charge is 0.370 e. The van der Waals surface area contributed by atoms with Crippen LogP contribution in [0.1, 0.15) is 11.1 Å². The van der Waals surface area contributed by atoms with Crippen LogP contribution >= 0.6 is 11.6 Å². The Bertz CT molecular complexity index is 369. The minimum Gasteiger partial charge on any atom is -0.370 e. The number of anilines is 1. The molecule has 0 atom stereocenters. The highest BCUT2D eigenvalue weighted by Crippen LogP contribution is 2.32. The Morgan fingerprint density at radius 3 is 2.92 bits per heavy atom. The maximum absolute atomic E-state index is 6.06. The van der Waals surface area contributed by atoms with E-state index in [1.165, 1.54) is 16.8 Å². The lowest BCUT2D eigenvalue weighted by Crippen LogP contribution is -2.21. The van der Waals surface area contributed by atoms with Crippen molar-refractivity contribution in [1.82, 2.24) is 0 Å². The lowest BCUT2D eigenvalue weighted by Gasteiger charge is -2.26. The molecule has 1 nitrogen and oxygen atoms in total. The Morgan fingerprint density at radius 1 is 1.38 bits per heavy atom. The zero-order valence-electron chi connectivity index (χ0n) is 7.84. The van der Waals surface area contributed by atoms with Crippen molar-refractivity contribution in [2.24, 2.45) is 0 Å². The predicted octanol–water partition coefficient (Wildman–Crippen LogP) is 3.11. The van der Waals surface area contributed by atoms with Crippen molar-refractivity contribution in [2.75, 3.05) is 18.5 Å². The molecule has 0 spiro atoms. The van der Waals surface area contributed by atoms with Gasteiger partial charge in [0.1, 0.15) is 0 Å². The molecule has 2 heteroatoms. The van der Waals surface area contributed by atoms with E-state index in [9.17, 15) is 0 Å². The molecule has 1 heterocycles. The summed E-state index contributed by atoms with van der Waals surface area (Å²) in [6.45, 7) is 3.03. The van der Waals surface area contributed by atoms with E-state index in [-0.39, 0.29) is 0 Å². The normalized spacial score (nSPS) is 14.5. The van der Waals surface area contributed by atoms with Gasteiger partial charge in [-0.05, 0) is 24.1 Å². The number of fused-ring (bicyclic) bond motifs is 1. The van der Waals surface area contributed by atoms with Gasteiger partial charge in [-0.15, -0.1) is 0 Å². The third-order valence-corrected chi connectivity index (χ3v) is 2.86. The van der Waals surface area contributed by atoms with E-state index in [2.05, 4.69) is 37.1 Å². The number of likely N-dealkylation sites (N-methyl/N-ethyl adjacent to an activating group) is 1. The summed E-state index contributed by atoms with van der Waals surface area (Å²) >= 11 is 6.06. The number of rotatable bonds is 0. The second-order valence-electron chi connectivity index (χ2n) is 3.39. The van der Waals surface area contributed by atoms with Crippen LogP contribution in [0, 0.1) is 6.92 Å². The average molecular weight is 194 g/mol. The number of benzene rings is 1. The van der Waals surface area contributed by atoms with Crippen LogP contribution in [0.3, 0.4) is 0 Å². The van der Waals surface area contributed by atoms with E-state index >= 15 is 0 Å². The quantitative estimate of drug-likeness (QED) is 0.612. The maximum Gasteiger partial charge on any atom is 0.0484 e. The molecule has 0 radical (unpaired) electrons. The lowest BCUT2D eigenvalue weighted by atomic mass is 10.0. The van der Waals surface area contributed by atoms with E-state index in [1.54, 1.807) is 0 Å². The van der Waals surface area contributed by atoms with Gasteiger partial charge in [-0.3, -0.25) is 0 Å². The van der Waals surface area contributed by atoms with Gasteiger partial charge in [-0.1, -0.05) is 29.8 Å². The van der Waals surface area contributed by atoms with Gasteiger partial charge in [0.15, 0.2) is 0 Å². The first kappa shape index (κ1) is 8.64. The monoisotopic (exact) mass is 193 g/mol. The van der Waals surface area contributed by atoms with Crippen LogP contribution < -0.4 is 4.90 Å². The van der Waals surface area contributed by atoms with Crippen LogP contribution in [0.25, 0.3) is 6.08 Å². The molecule has 0 aliphatic carbocycles. The third kappa shape index (κ3) is 1.33. The van der Waals surface area contributed by atoms with Gasteiger partial charge in [0.05, 0.1) is 0 Å². The first-order chi connectivity index (χ1) is 6.20. The Labute approximate surface area is 83.6 Å². The number of hydrogen-bond donors (Lipinski definition) is 0. The highest BCUT2D eigenvalue weighted by Gasteiger charge is 2.13. The fourth-order valence-electron chi connectivity index (χ4n) is 1.77. The molecule has 2 rings (SSSR count). The molecule has 1 aromatic carbocycles. The van der Waals surface area contributed by atoms with Crippen molar-refractivity contribution in [1.29, 1.82) is 0 Å². The molecule has 0 N–H and O–H groups in total. The molecule has 1 aliphatic rings. The summed E-state index contributed by atoms with van der Waals surface area (Å²) in [6, 6.07) is 4.02. The zero-order valence-corrected chi connectivity index (χ0v) is 8.60. The zero-order chi connectivity index (χ0) is 9.42. The summed E-state index contributed by atoms with van der Waals surface area (Å²) in [7, 11) is 2.09. The van der Waals surface area contributed by atoms with Crippen molar-refractivity contribution in [2.45, 2.75) is 6.92 Å². The minimum atomic E-state index is 0.848. The van der Waals surface area contributed by atoms with Crippen LogP contribution in [0.4, 0.5) is 5.69 Å². The molecule has 0 bridgehead atoms. The Kier molecular flexibility index (Phi) is 2.04. The Hall–Kier alpha value is -0.950. The summed E-state index contributed by atoms with van der Waals surface area (Å²) in [5.41, 5.74) is 3.69.